The number of carbonyl (C=O) groups excluding carboxylic acids is 1. The first-order chi connectivity index (χ1) is 9.65. The summed E-state index contributed by atoms with van der Waals surface area (Å²) < 4.78 is 0. The number of hydrogen-bond donors (Lipinski definition) is 0. The molecule has 0 aliphatic carbocycles. The maximum Gasteiger partial charge on any atom is 0.272 e. The van der Waals surface area contributed by atoms with Crippen LogP contribution in [0.5, 0.6) is 0 Å². The Morgan fingerprint density at radius 3 is 2.90 bits per heavy atom. The molecular weight excluding hydrogens is 316 g/mol. The molecule has 0 saturated carbocycles. The summed E-state index contributed by atoms with van der Waals surface area (Å²) in [5.74, 6) is 0.649. The van der Waals surface area contributed by atoms with Gasteiger partial charge in [-0.1, -0.05) is 47.1 Å². The van der Waals surface area contributed by atoms with Crippen LogP contribution in [0.1, 0.15) is 23.8 Å². The molecule has 1 amide bonds. The van der Waals surface area contributed by atoms with E-state index in [1.54, 1.807) is 0 Å². The highest BCUT2D eigenvalue weighted by molar-refractivity contribution is 9.09. The van der Waals surface area contributed by atoms with Crippen LogP contribution in [0.15, 0.2) is 36.4 Å². The molecule has 2 aromatic rings. The third-order valence-electron chi connectivity index (χ3n) is 3.97. The first kappa shape index (κ1) is 13.6. The zero-order chi connectivity index (χ0) is 14.1. The minimum Gasteiger partial charge on any atom is -0.336 e. The van der Waals surface area contributed by atoms with Gasteiger partial charge in [0.05, 0.1) is 5.52 Å². The molecule has 0 radical (unpaired) electrons. The Labute approximate surface area is 127 Å². The van der Waals surface area contributed by atoms with Crippen LogP contribution in [0.25, 0.3) is 10.9 Å². The van der Waals surface area contributed by atoms with Crippen molar-refractivity contribution >= 4 is 32.7 Å². The van der Waals surface area contributed by atoms with Gasteiger partial charge in [0.1, 0.15) is 5.69 Å². The fourth-order valence-electron chi connectivity index (χ4n) is 2.55. The lowest BCUT2D eigenvalue weighted by Gasteiger charge is -2.34. The third kappa shape index (κ3) is 2.57. The van der Waals surface area contributed by atoms with Crippen molar-refractivity contribution in [1.82, 2.24) is 9.88 Å². The number of halogens is 1. The van der Waals surface area contributed by atoms with Crippen LogP contribution in [0.2, 0.25) is 0 Å². The molecule has 1 saturated heterocycles. The topological polar surface area (TPSA) is 33.2 Å². The number of likely N-dealkylation sites (tertiary alicyclic amines) is 1. The predicted molar refractivity (Wildman–Crippen MR) is 84.1 cm³/mol. The predicted octanol–water partition coefficient (Wildman–Crippen LogP) is 3.48. The first-order valence-corrected chi connectivity index (χ1v) is 7.86. The van der Waals surface area contributed by atoms with Crippen molar-refractivity contribution in [2.45, 2.75) is 18.2 Å². The maximum atomic E-state index is 12.5. The second kappa shape index (κ2) is 5.52. The van der Waals surface area contributed by atoms with Gasteiger partial charge >= 0.3 is 0 Å². The highest BCUT2D eigenvalue weighted by atomic mass is 79.9. The second-order valence-electron chi connectivity index (χ2n) is 5.42. The molecule has 3 nitrogen and oxygen atoms in total. The van der Waals surface area contributed by atoms with Gasteiger partial charge in [-0.05, 0) is 24.5 Å². The van der Waals surface area contributed by atoms with Crippen LogP contribution in [0.4, 0.5) is 0 Å². The Kier molecular flexibility index (Phi) is 3.74. The Balaban J connectivity index is 1.85. The summed E-state index contributed by atoms with van der Waals surface area (Å²) in [6.45, 7) is 3.79. The zero-order valence-electron chi connectivity index (χ0n) is 11.4. The van der Waals surface area contributed by atoms with E-state index >= 15 is 0 Å². The molecule has 0 N–H and O–H groups in total. The Hall–Kier alpha value is -1.42. The highest BCUT2D eigenvalue weighted by Crippen LogP contribution is 2.24. The van der Waals surface area contributed by atoms with Gasteiger partial charge in [0.2, 0.25) is 0 Å². The van der Waals surface area contributed by atoms with Gasteiger partial charge in [-0.2, -0.15) is 0 Å². The van der Waals surface area contributed by atoms with E-state index in [9.17, 15) is 4.79 Å². The van der Waals surface area contributed by atoms with E-state index in [-0.39, 0.29) is 5.91 Å². The van der Waals surface area contributed by atoms with Gasteiger partial charge in [0, 0.05) is 23.3 Å². The van der Waals surface area contributed by atoms with E-state index in [1.165, 1.54) is 0 Å². The van der Waals surface area contributed by atoms with E-state index in [0.717, 1.165) is 30.4 Å². The average molecular weight is 333 g/mol. The van der Waals surface area contributed by atoms with E-state index in [4.69, 9.17) is 0 Å². The Morgan fingerprint density at radius 2 is 2.10 bits per heavy atom. The van der Waals surface area contributed by atoms with E-state index < -0.39 is 0 Å². The molecule has 0 spiro atoms. The number of carbonyl (C=O) groups is 1. The quantitative estimate of drug-likeness (QED) is 0.749. The number of amides is 1. The number of hydrogen-bond acceptors (Lipinski definition) is 2. The lowest BCUT2D eigenvalue weighted by atomic mass is 9.99. The summed E-state index contributed by atoms with van der Waals surface area (Å²) in [6.07, 6.45) is 1.04. The number of pyridine rings is 1. The monoisotopic (exact) mass is 332 g/mol. The Bertz CT molecular complexity index is 643. The summed E-state index contributed by atoms with van der Waals surface area (Å²) in [6, 6.07) is 11.7. The van der Waals surface area contributed by atoms with Crippen molar-refractivity contribution in [3.63, 3.8) is 0 Å². The van der Waals surface area contributed by atoms with Gasteiger partial charge in [-0.25, -0.2) is 4.98 Å². The zero-order valence-corrected chi connectivity index (χ0v) is 13.0. The number of para-hydroxylation sites is 1. The third-order valence-corrected chi connectivity index (χ3v) is 5.16. The normalized spacial score (nSPS) is 23.0. The molecule has 0 bridgehead atoms. The number of aromatic nitrogens is 1. The van der Waals surface area contributed by atoms with E-state index in [0.29, 0.717) is 16.4 Å². The summed E-state index contributed by atoms with van der Waals surface area (Å²) in [5, 5.41) is 1.06. The van der Waals surface area contributed by atoms with Gasteiger partial charge in [-0.15, -0.1) is 0 Å². The molecule has 1 aliphatic rings. The summed E-state index contributed by atoms with van der Waals surface area (Å²) in [7, 11) is 0. The number of benzene rings is 1. The Morgan fingerprint density at radius 1 is 1.30 bits per heavy atom. The first-order valence-electron chi connectivity index (χ1n) is 6.94. The molecule has 1 aromatic carbocycles. The molecule has 3 rings (SSSR count). The van der Waals surface area contributed by atoms with Crippen molar-refractivity contribution in [2.75, 3.05) is 13.1 Å². The van der Waals surface area contributed by atoms with Crippen LogP contribution in [0.3, 0.4) is 0 Å². The smallest absolute Gasteiger partial charge is 0.272 e. The van der Waals surface area contributed by atoms with Gasteiger partial charge in [0.25, 0.3) is 5.91 Å². The molecule has 1 aliphatic heterocycles. The van der Waals surface area contributed by atoms with Crippen molar-refractivity contribution in [2.24, 2.45) is 5.92 Å². The van der Waals surface area contributed by atoms with Crippen molar-refractivity contribution in [1.29, 1.82) is 0 Å². The minimum absolute atomic E-state index is 0.0344. The van der Waals surface area contributed by atoms with Crippen LogP contribution in [0, 0.1) is 5.92 Å². The maximum absolute atomic E-state index is 12.5. The minimum atomic E-state index is 0.0344. The standard InChI is InChI=1S/C16H17BrN2O/c1-11-8-9-19(10-13(11)17)16(20)15-7-6-12-4-2-3-5-14(12)18-15/h2-7,11,13H,8-10H2,1H3. The van der Waals surface area contributed by atoms with Gasteiger partial charge in [-0.3, -0.25) is 4.79 Å². The summed E-state index contributed by atoms with van der Waals surface area (Å²) in [5.41, 5.74) is 1.41. The van der Waals surface area contributed by atoms with Crippen molar-refractivity contribution in [3.8, 4) is 0 Å². The second-order valence-corrected chi connectivity index (χ2v) is 6.60. The fourth-order valence-corrected chi connectivity index (χ4v) is 3.17. The van der Waals surface area contributed by atoms with Crippen LogP contribution < -0.4 is 0 Å². The number of piperidine rings is 1. The van der Waals surface area contributed by atoms with Gasteiger partial charge in [0.15, 0.2) is 0 Å². The molecule has 2 atom stereocenters. The summed E-state index contributed by atoms with van der Waals surface area (Å²) in [4.78, 5) is 19.3. The average Bonchev–Trinajstić information content (AvgIpc) is 2.49. The van der Waals surface area contributed by atoms with Crippen molar-refractivity contribution in [3.05, 3.63) is 42.1 Å². The van der Waals surface area contributed by atoms with Crippen LogP contribution in [-0.2, 0) is 0 Å². The lowest BCUT2D eigenvalue weighted by Crippen LogP contribution is -2.43. The molecular formula is C16H17BrN2O. The van der Waals surface area contributed by atoms with Gasteiger partial charge < -0.3 is 4.90 Å². The number of nitrogens with zero attached hydrogens (tertiary/aromatic N) is 2. The van der Waals surface area contributed by atoms with Crippen molar-refractivity contribution < 1.29 is 4.79 Å². The molecule has 104 valence electrons. The molecule has 2 unspecified atom stereocenters. The van der Waals surface area contributed by atoms with E-state index in [1.807, 2.05) is 41.3 Å². The molecule has 1 aromatic heterocycles. The molecule has 4 heteroatoms. The molecule has 20 heavy (non-hydrogen) atoms. The fraction of sp³-hybridized carbons (Fsp3) is 0.375. The lowest BCUT2D eigenvalue weighted by molar-refractivity contribution is 0.0700. The highest BCUT2D eigenvalue weighted by Gasteiger charge is 2.28. The van der Waals surface area contributed by atoms with E-state index in [2.05, 4.69) is 27.8 Å². The number of fused-ring (bicyclic) bond motifs is 1. The van der Waals surface area contributed by atoms with Crippen LogP contribution in [-0.4, -0.2) is 33.7 Å². The SMILES string of the molecule is CC1CCN(C(=O)c2ccc3ccccc3n2)CC1Br. The summed E-state index contributed by atoms with van der Waals surface area (Å²) >= 11 is 3.66. The number of rotatable bonds is 1. The largest absolute Gasteiger partial charge is 0.336 e. The number of alkyl halides is 1. The molecule has 2 heterocycles. The molecule has 1 fully saturated rings. The van der Waals surface area contributed by atoms with Crippen LogP contribution >= 0.6 is 15.9 Å².